The molecule has 0 aromatic rings. The van der Waals surface area contributed by atoms with E-state index in [1.54, 1.807) is 0 Å². The fraction of sp³-hybridized carbons (Fsp3) is 0.375. The third kappa shape index (κ3) is 4.83. The van der Waals surface area contributed by atoms with Gasteiger partial charge in [0.2, 0.25) is 0 Å². The Morgan fingerprint density at radius 3 is 2.56 bits per heavy atom. The van der Waals surface area contributed by atoms with Crippen molar-refractivity contribution >= 4 is 0 Å². The van der Waals surface area contributed by atoms with E-state index in [9.17, 15) is 0 Å². The maximum absolute atomic E-state index is 8.31. The van der Waals surface area contributed by atoms with Gasteiger partial charge in [-0.2, -0.15) is 5.26 Å². The molecule has 1 unspecified atom stereocenters. The van der Waals surface area contributed by atoms with Crippen LogP contribution in [0.25, 0.3) is 0 Å². The molecule has 0 radical (unpaired) electrons. The van der Waals surface area contributed by atoms with Crippen molar-refractivity contribution in [1.29, 1.82) is 5.26 Å². The SMILES string of the molecule is C/C=C/C=C\C(C)C#N. The zero-order valence-corrected chi connectivity index (χ0v) is 5.83. The lowest BCUT2D eigenvalue weighted by Crippen LogP contribution is -1.78. The number of hydrogen-bond acceptors (Lipinski definition) is 1. The molecule has 0 aliphatic carbocycles. The molecule has 0 saturated carbocycles. The topological polar surface area (TPSA) is 23.8 Å². The van der Waals surface area contributed by atoms with Crippen molar-refractivity contribution in [1.82, 2.24) is 0 Å². The van der Waals surface area contributed by atoms with Gasteiger partial charge in [-0.05, 0) is 13.8 Å². The molecule has 0 aliphatic rings. The minimum absolute atomic E-state index is 0.0289. The minimum atomic E-state index is 0.0289. The van der Waals surface area contributed by atoms with E-state index >= 15 is 0 Å². The monoisotopic (exact) mass is 121 g/mol. The van der Waals surface area contributed by atoms with Crippen molar-refractivity contribution in [2.75, 3.05) is 0 Å². The minimum Gasteiger partial charge on any atom is -0.198 e. The predicted molar refractivity (Wildman–Crippen MR) is 38.7 cm³/mol. The van der Waals surface area contributed by atoms with E-state index in [0.29, 0.717) is 0 Å². The molecule has 0 N–H and O–H groups in total. The Morgan fingerprint density at radius 2 is 2.11 bits per heavy atom. The molecule has 0 fully saturated rings. The van der Waals surface area contributed by atoms with Crippen LogP contribution in [0.15, 0.2) is 24.3 Å². The molecule has 9 heavy (non-hydrogen) atoms. The summed E-state index contributed by atoms with van der Waals surface area (Å²) in [6.07, 6.45) is 7.59. The summed E-state index contributed by atoms with van der Waals surface area (Å²) >= 11 is 0. The van der Waals surface area contributed by atoms with Crippen molar-refractivity contribution < 1.29 is 0 Å². The molecule has 0 rings (SSSR count). The number of nitrogens with zero attached hydrogens (tertiary/aromatic N) is 1. The number of nitriles is 1. The van der Waals surface area contributed by atoms with Gasteiger partial charge in [-0.3, -0.25) is 0 Å². The average Bonchev–Trinajstić information content (AvgIpc) is 1.89. The summed E-state index contributed by atoms with van der Waals surface area (Å²) in [4.78, 5) is 0. The third-order valence-electron chi connectivity index (χ3n) is 0.907. The van der Waals surface area contributed by atoms with Crippen LogP contribution in [0.3, 0.4) is 0 Å². The normalized spacial score (nSPS) is 14.3. The lowest BCUT2D eigenvalue weighted by molar-refractivity contribution is 0.957. The molecule has 0 amide bonds. The molecule has 48 valence electrons. The molecular weight excluding hydrogens is 110 g/mol. The van der Waals surface area contributed by atoms with Gasteiger partial charge in [0.05, 0.1) is 12.0 Å². The van der Waals surface area contributed by atoms with Gasteiger partial charge in [0.25, 0.3) is 0 Å². The van der Waals surface area contributed by atoms with Crippen molar-refractivity contribution in [2.24, 2.45) is 5.92 Å². The highest BCUT2D eigenvalue weighted by Crippen LogP contribution is 1.92. The van der Waals surface area contributed by atoms with Gasteiger partial charge >= 0.3 is 0 Å². The van der Waals surface area contributed by atoms with E-state index in [4.69, 9.17) is 5.26 Å². The number of hydrogen-bond donors (Lipinski definition) is 0. The van der Waals surface area contributed by atoms with E-state index in [1.165, 1.54) is 0 Å². The summed E-state index contributed by atoms with van der Waals surface area (Å²) in [7, 11) is 0. The zero-order chi connectivity index (χ0) is 7.11. The largest absolute Gasteiger partial charge is 0.198 e. The number of allylic oxidation sites excluding steroid dienone is 4. The molecule has 0 aromatic carbocycles. The first-order valence-corrected chi connectivity index (χ1v) is 3.00. The zero-order valence-electron chi connectivity index (χ0n) is 5.83. The molecule has 0 aliphatic heterocycles. The van der Waals surface area contributed by atoms with E-state index in [2.05, 4.69) is 6.07 Å². The van der Waals surface area contributed by atoms with Crippen LogP contribution >= 0.6 is 0 Å². The summed E-state index contributed by atoms with van der Waals surface area (Å²) < 4.78 is 0. The van der Waals surface area contributed by atoms with Gasteiger partial charge in [0.15, 0.2) is 0 Å². The van der Waals surface area contributed by atoms with Gasteiger partial charge in [-0.15, -0.1) is 0 Å². The molecule has 1 heteroatoms. The lowest BCUT2D eigenvalue weighted by atomic mass is 10.2. The maximum Gasteiger partial charge on any atom is 0.0694 e. The Kier molecular flexibility index (Phi) is 4.53. The highest BCUT2D eigenvalue weighted by Gasteiger charge is 1.86. The van der Waals surface area contributed by atoms with Gasteiger partial charge in [0.1, 0.15) is 0 Å². The highest BCUT2D eigenvalue weighted by molar-refractivity contribution is 5.06. The molecule has 1 nitrogen and oxygen atoms in total. The van der Waals surface area contributed by atoms with Crippen molar-refractivity contribution in [3.8, 4) is 6.07 Å². The smallest absolute Gasteiger partial charge is 0.0694 e. The quantitative estimate of drug-likeness (QED) is 0.514. The van der Waals surface area contributed by atoms with E-state index in [0.717, 1.165) is 0 Å². The predicted octanol–water partition coefficient (Wildman–Crippen LogP) is 2.28. The first-order valence-electron chi connectivity index (χ1n) is 3.00. The van der Waals surface area contributed by atoms with E-state index in [-0.39, 0.29) is 5.92 Å². The van der Waals surface area contributed by atoms with Crippen LogP contribution in [0.2, 0.25) is 0 Å². The first-order chi connectivity index (χ1) is 4.31. The average molecular weight is 121 g/mol. The Hall–Kier alpha value is -1.03. The molecule has 1 atom stereocenters. The second-order valence-electron chi connectivity index (χ2n) is 1.83. The van der Waals surface area contributed by atoms with E-state index < -0.39 is 0 Å². The van der Waals surface area contributed by atoms with Crippen molar-refractivity contribution in [3.05, 3.63) is 24.3 Å². The summed E-state index contributed by atoms with van der Waals surface area (Å²) in [5, 5.41) is 8.31. The first kappa shape index (κ1) is 7.97. The highest BCUT2D eigenvalue weighted by atomic mass is 14.2. The standard InChI is InChI=1S/C8H11N/c1-3-4-5-6-8(2)7-9/h3-6,8H,1-2H3/b4-3+,6-5-. The molecule has 0 saturated heterocycles. The van der Waals surface area contributed by atoms with Gasteiger partial charge in [0, 0.05) is 0 Å². The molecular formula is C8H11N. The summed E-state index contributed by atoms with van der Waals surface area (Å²) in [5.41, 5.74) is 0. The van der Waals surface area contributed by atoms with Crippen LogP contribution in [0.4, 0.5) is 0 Å². The Labute approximate surface area is 56.3 Å². The Balaban J connectivity index is 3.60. The van der Waals surface area contributed by atoms with E-state index in [1.807, 2.05) is 38.2 Å². The van der Waals surface area contributed by atoms with Crippen LogP contribution < -0.4 is 0 Å². The fourth-order valence-corrected chi connectivity index (χ4v) is 0.385. The Morgan fingerprint density at radius 1 is 1.44 bits per heavy atom. The molecule has 0 aromatic heterocycles. The van der Waals surface area contributed by atoms with Gasteiger partial charge < -0.3 is 0 Å². The maximum atomic E-state index is 8.31. The molecule has 0 spiro atoms. The van der Waals surface area contributed by atoms with Crippen LogP contribution in [0.5, 0.6) is 0 Å². The van der Waals surface area contributed by atoms with Gasteiger partial charge in [-0.25, -0.2) is 0 Å². The van der Waals surface area contributed by atoms with Gasteiger partial charge in [-0.1, -0.05) is 24.3 Å². The summed E-state index contributed by atoms with van der Waals surface area (Å²) in [5.74, 6) is 0.0289. The van der Waals surface area contributed by atoms with Crippen LogP contribution in [0.1, 0.15) is 13.8 Å². The number of rotatable bonds is 2. The summed E-state index contributed by atoms with van der Waals surface area (Å²) in [6.45, 7) is 3.81. The molecule has 0 heterocycles. The lowest BCUT2D eigenvalue weighted by Gasteiger charge is -1.84. The van der Waals surface area contributed by atoms with Crippen LogP contribution in [0, 0.1) is 17.2 Å². The van der Waals surface area contributed by atoms with Crippen molar-refractivity contribution in [3.63, 3.8) is 0 Å². The summed E-state index contributed by atoms with van der Waals surface area (Å²) in [6, 6.07) is 2.10. The molecule has 0 bridgehead atoms. The van der Waals surface area contributed by atoms with Crippen LogP contribution in [-0.4, -0.2) is 0 Å². The van der Waals surface area contributed by atoms with Crippen LogP contribution in [-0.2, 0) is 0 Å². The Bertz CT molecular complexity index is 148. The van der Waals surface area contributed by atoms with Crippen molar-refractivity contribution in [2.45, 2.75) is 13.8 Å². The second kappa shape index (κ2) is 5.11. The third-order valence-corrected chi connectivity index (χ3v) is 0.907. The second-order valence-corrected chi connectivity index (χ2v) is 1.83. The fourth-order valence-electron chi connectivity index (χ4n) is 0.385.